The highest BCUT2D eigenvalue weighted by molar-refractivity contribution is 5.76. The maximum Gasteiger partial charge on any atom is 0.159 e. The van der Waals surface area contributed by atoms with E-state index in [1.54, 1.807) is 48.8 Å². The summed E-state index contributed by atoms with van der Waals surface area (Å²) in [5.74, 6) is 0.814. The van der Waals surface area contributed by atoms with Crippen molar-refractivity contribution < 1.29 is 9.90 Å². The number of aldehydes is 1. The zero-order valence-electron chi connectivity index (χ0n) is 11.1. The van der Waals surface area contributed by atoms with Crippen molar-refractivity contribution in [3.05, 3.63) is 66.5 Å². The van der Waals surface area contributed by atoms with Gasteiger partial charge in [-0.2, -0.15) is 0 Å². The van der Waals surface area contributed by atoms with Crippen LogP contribution in [-0.4, -0.2) is 21.4 Å². The van der Waals surface area contributed by atoms with E-state index in [0.29, 0.717) is 11.4 Å². The minimum absolute atomic E-state index is 0.214. The molecular weight excluding hydrogens is 264 g/mol. The Morgan fingerprint density at radius 1 is 0.762 bits per heavy atom. The lowest BCUT2D eigenvalue weighted by Gasteiger charge is -2.03. The molecule has 4 heteroatoms. The maximum atomic E-state index is 10.6. The summed E-state index contributed by atoms with van der Waals surface area (Å²) in [6.45, 7) is 0. The average molecular weight is 276 g/mol. The number of phenols is 1. The fourth-order valence-corrected chi connectivity index (χ4v) is 1.99. The van der Waals surface area contributed by atoms with Gasteiger partial charge in [-0.3, -0.25) is 4.79 Å². The van der Waals surface area contributed by atoms with E-state index in [1.165, 1.54) is 0 Å². The number of carbonyl (C=O) groups is 1. The van der Waals surface area contributed by atoms with Gasteiger partial charge in [0.1, 0.15) is 12.0 Å². The molecule has 1 aromatic heterocycles. The van der Waals surface area contributed by atoms with Crippen LogP contribution in [0.1, 0.15) is 10.4 Å². The average Bonchev–Trinajstić information content (AvgIpc) is 2.56. The molecule has 0 bridgehead atoms. The molecule has 0 saturated heterocycles. The molecule has 0 aliphatic carbocycles. The van der Waals surface area contributed by atoms with Crippen LogP contribution in [0.5, 0.6) is 5.75 Å². The van der Waals surface area contributed by atoms with Crippen LogP contribution >= 0.6 is 0 Å². The van der Waals surface area contributed by atoms with Crippen molar-refractivity contribution in [3.63, 3.8) is 0 Å². The standard InChI is InChI=1S/C17H12N2O2/c20-11-12-1-3-13(4-2-12)15-9-18-17(19-10-15)14-5-7-16(21)8-6-14/h1-11,21H. The summed E-state index contributed by atoms with van der Waals surface area (Å²) in [4.78, 5) is 19.3. The molecule has 0 amide bonds. The second-order valence-corrected chi connectivity index (χ2v) is 4.58. The minimum Gasteiger partial charge on any atom is -0.508 e. The van der Waals surface area contributed by atoms with Gasteiger partial charge >= 0.3 is 0 Å². The highest BCUT2D eigenvalue weighted by atomic mass is 16.3. The summed E-state index contributed by atoms with van der Waals surface area (Å²) < 4.78 is 0. The minimum atomic E-state index is 0.214. The van der Waals surface area contributed by atoms with Gasteiger partial charge in [0.05, 0.1) is 0 Å². The Morgan fingerprint density at radius 3 is 1.90 bits per heavy atom. The number of hydrogen-bond donors (Lipinski definition) is 1. The number of aromatic nitrogens is 2. The summed E-state index contributed by atoms with van der Waals surface area (Å²) >= 11 is 0. The summed E-state index contributed by atoms with van der Waals surface area (Å²) in [6, 6.07) is 14.0. The van der Waals surface area contributed by atoms with Crippen LogP contribution < -0.4 is 0 Å². The number of nitrogens with zero attached hydrogens (tertiary/aromatic N) is 2. The maximum absolute atomic E-state index is 10.6. The monoisotopic (exact) mass is 276 g/mol. The van der Waals surface area contributed by atoms with Crippen molar-refractivity contribution >= 4 is 6.29 Å². The Kier molecular flexibility index (Phi) is 3.43. The van der Waals surface area contributed by atoms with E-state index in [-0.39, 0.29) is 5.75 Å². The van der Waals surface area contributed by atoms with E-state index in [4.69, 9.17) is 0 Å². The first kappa shape index (κ1) is 13.0. The van der Waals surface area contributed by atoms with Gasteiger partial charge in [-0.1, -0.05) is 24.3 Å². The van der Waals surface area contributed by atoms with Crippen molar-refractivity contribution in [2.45, 2.75) is 0 Å². The Hall–Kier alpha value is -3.01. The molecule has 1 heterocycles. The third kappa shape index (κ3) is 2.79. The van der Waals surface area contributed by atoms with E-state index in [0.717, 1.165) is 23.0 Å². The molecule has 0 aliphatic heterocycles. The molecule has 1 N–H and O–H groups in total. The van der Waals surface area contributed by atoms with Crippen LogP contribution in [0.15, 0.2) is 60.9 Å². The predicted octanol–water partition coefficient (Wildman–Crippen LogP) is 3.33. The lowest BCUT2D eigenvalue weighted by Crippen LogP contribution is -1.90. The van der Waals surface area contributed by atoms with Gasteiger partial charge in [0.15, 0.2) is 5.82 Å². The summed E-state index contributed by atoms with van der Waals surface area (Å²) in [5, 5.41) is 9.27. The quantitative estimate of drug-likeness (QED) is 0.745. The molecule has 2 aromatic carbocycles. The number of carbonyl (C=O) groups excluding carboxylic acids is 1. The predicted molar refractivity (Wildman–Crippen MR) is 80.0 cm³/mol. The molecular formula is C17H12N2O2. The lowest BCUT2D eigenvalue weighted by molar-refractivity contribution is 0.112. The molecule has 0 aliphatic rings. The summed E-state index contributed by atoms with van der Waals surface area (Å²) in [7, 11) is 0. The van der Waals surface area contributed by atoms with E-state index >= 15 is 0 Å². The van der Waals surface area contributed by atoms with Crippen molar-refractivity contribution in [3.8, 4) is 28.3 Å². The molecule has 3 rings (SSSR count). The molecule has 0 spiro atoms. The molecule has 21 heavy (non-hydrogen) atoms. The van der Waals surface area contributed by atoms with Crippen molar-refractivity contribution in [2.24, 2.45) is 0 Å². The summed E-state index contributed by atoms with van der Waals surface area (Å²) in [6.07, 6.45) is 4.30. The fourth-order valence-electron chi connectivity index (χ4n) is 1.99. The molecule has 0 saturated carbocycles. The number of aromatic hydroxyl groups is 1. The first-order valence-electron chi connectivity index (χ1n) is 6.43. The number of phenolic OH excluding ortho intramolecular Hbond substituents is 1. The largest absolute Gasteiger partial charge is 0.508 e. The van der Waals surface area contributed by atoms with Gasteiger partial charge in [0, 0.05) is 29.1 Å². The Balaban J connectivity index is 1.89. The molecule has 4 nitrogen and oxygen atoms in total. The zero-order valence-corrected chi connectivity index (χ0v) is 11.1. The van der Waals surface area contributed by atoms with Crippen LogP contribution in [0, 0.1) is 0 Å². The van der Waals surface area contributed by atoms with Crippen LogP contribution in [0.3, 0.4) is 0 Å². The van der Waals surface area contributed by atoms with Gasteiger partial charge in [0.25, 0.3) is 0 Å². The highest BCUT2D eigenvalue weighted by Crippen LogP contribution is 2.21. The van der Waals surface area contributed by atoms with E-state index in [2.05, 4.69) is 9.97 Å². The first-order valence-corrected chi connectivity index (χ1v) is 6.43. The van der Waals surface area contributed by atoms with Crippen molar-refractivity contribution in [1.29, 1.82) is 0 Å². The summed E-state index contributed by atoms with van der Waals surface area (Å²) in [5.41, 5.74) is 3.32. The molecule has 0 radical (unpaired) electrons. The van der Waals surface area contributed by atoms with E-state index in [9.17, 15) is 9.90 Å². The molecule has 0 fully saturated rings. The van der Waals surface area contributed by atoms with Gasteiger partial charge in [-0.15, -0.1) is 0 Å². The second-order valence-electron chi connectivity index (χ2n) is 4.58. The third-order valence-corrected chi connectivity index (χ3v) is 3.16. The Morgan fingerprint density at radius 2 is 1.33 bits per heavy atom. The normalized spacial score (nSPS) is 10.3. The van der Waals surface area contributed by atoms with Crippen LogP contribution in [0.25, 0.3) is 22.5 Å². The van der Waals surface area contributed by atoms with Crippen molar-refractivity contribution in [2.75, 3.05) is 0 Å². The molecule has 102 valence electrons. The van der Waals surface area contributed by atoms with Crippen molar-refractivity contribution in [1.82, 2.24) is 9.97 Å². The second kappa shape index (κ2) is 5.54. The SMILES string of the molecule is O=Cc1ccc(-c2cnc(-c3ccc(O)cc3)nc2)cc1. The Bertz CT molecular complexity index is 748. The highest BCUT2D eigenvalue weighted by Gasteiger charge is 2.03. The number of benzene rings is 2. The fraction of sp³-hybridized carbons (Fsp3) is 0. The smallest absolute Gasteiger partial charge is 0.159 e. The molecule has 0 atom stereocenters. The number of rotatable bonds is 3. The van der Waals surface area contributed by atoms with Crippen LogP contribution in [-0.2, 0) is 0 Å². The lowest BCUT2D eigenvalue weighted by atomic mass is 10.1. The third-order valence-electron chi connectivity index (χ3n) is 3.16. The van der Waals surface area contributed by atoms with E-state index < -0.39 is 0 Å². The van der Waals surface area contributed by atoms with Gasteiger partial charge < -0.3 is 5.11 Å². The van der Waals surface area contributed by atoms with Crippen LogP contribution in [0.2, 0.25) is 0 Å². The molecule has 0 unspecified atom stereocenters. The van der Waals surface area contributed by atoms with Crippen LogP contribution in [0.4, 0.5) is 0 Å². The molecule has 3 aromatic rings. The number of hydrogen-bond acceptors (Lipinski definition) is 4. The van der Waals surface area contributed by atoms with Gasteiger partial charge in [-0.25, -0.2) is 9.97 Å². The zero-order chi connectivity index (χ0) is 14.7. The Labute approximate surface area is 121 Å². The topological polar surface area (TPSA) is 63.1 Å². The van der Waals surface area contributed by atoms with Gasteiger partial charge in [-0.05, 0) is 29.8 Å². The van der Waals surface area contributed by atoms with E-state index in [1.807, 2.05) is 12.1 Å². The van der Waals surface area contributed by atoms with Gasteiger partial charge in [0.2, 0.25) is 0 Å². The first-order chi connectivity index (χ1) is 10.3.